The molecule has 0 aromatic carbocycles. The summed E-state index contributed by atoms with van der Waals surface area (Å²) in [5.74, 6) is -2.06. The van der Waals surface area contributed by atoms with E-state index in [-0.39, 0.29) is 27.7 Å². The van der Waals surface area contributed by atoms with Crippen molar-refractivity contribution in [2.24, 2.45) is 7.05 Å². The number of carbonyl (C=O) groups is 2. The van der Waals surface area contributed by atoms with E-state index in [9.17, 15) is 18.4 Å². The summed E-state index contributed by atoms with van der Waals surface area (Å²) in [6, 6.07) is 5.52. The zero-order valence-corrected chi connectivity index (χ0v) is 19.5. The minimum atomic E-state index is -1.13. The highest BCUT2D eigenvalue weighted by Crippen LogP contribution is 2.26. The molecular formula is C22H17ClF2N8O3. The van der Waals surface area contributed by atoms with Gasteiger partial charge in [-0.25, -0.2) is 18.9 Å². The lowest BCUT2D eigenvalue weighted by molar-refractivity contribution is 0.102. The van der Waals surface area contributed by atoms with Gasteiger partial charge in [-0.3, -0.25) is 20.1 Å². The predicted octanol–water partition coefficient (Wildman–Crippen LogP) is 4.16. The lowest BCUT2D eigenvalue weighted by Gasteiger charge is -2.15. The number of rotatable bonds is 6. The molecule has 0 aliphatic rings. The summed E-state index contributed by atoms with van der Waals surface area (Å²) >= 11 is 6.02. The Morgan fingerprint density at radius 3 is 2.64 bits per heavy atom. The Labute approximate surface area is 207 Å². The predicted molar refractivity (Wildman–Crippen MR) is 124 cm³/mol. The van der Waals surface area contributed by atoms with Gasteiger partial charge < -0.3 is 10.1 Å². The minimum Gasteiger partial charge on any atom is -0.441 e. The van der Waals surface area contributed by atoms with Gasteiger partial charge in [-0.1, -0.05) is 16.8 Å². The van der Waals surface area contributed by atoms with Gasteiger partial charge in [0, 0.05) is 19.4 Å². The number of amides is 2. The van der Waals surface area contributed by atoms with Crippen molar-refractivity contribution in [3.8, 4) is 11.4 Å². The van der Waals surface area contributed by atoms with Gasteiger partial charge in [-0.2, -0.15) is 4.39 Å². The van der Waals surface area contributed by atoms with Crippen LogP contribution in [0.4, 0.5) is 25.1 Å². The molecule has 2 N–H and O–H groups in total. The van der Waals surface area contributed by atoms with Crippen LogP contribution in [0.5, 0.6) is 0 Å². The van der Waals surface area contributed by atoms with Gasteiger partial charge in [-0.05, 0) is 31.2 Å². The van der Waals surface area contributed by atoms with Crippen LogP contribution in [0, 0.1) is 11.8 Å². The molecule has 4 aromatic heterocycles. The first-order valence-electron chi connectivity index (χ1n) is 10.3. The number of hydrogen-bond acceptors (Lipinski definition) is 8. The molecule has 0 radical (unpaired) electrons. The van der Waals surface area contributed by atoms with Crippen LogP contribution >= 0.6 is 11.6 Å². The fourth-order valence-corrected chi connectivity index (χ4v) is 3.29. The van der Waals surface area contributed by atoms with Crippen molar-refractivity contribution in [3.63, 3.8) is 0 Å². The Morgan fingerprint density at radius 2 is 1.92 bits per heavy atom. The number of nitrogens with zero attached hydrogens (tertiary/aromatic N) is 6. The summed E-state index contributed by atoms with van der Waals surface area (Å²) in [4.78, 5) is 36.3. The number of carbonyl (C=O) groups excluding carboxylic acids is 2. The van der Waals surface area contributed by atoms with E-state index in [2.05, 4.69) is 35.9 Å². The second-order valence-corrected chi connectivity index (χ2v) is 7.77. The maximum atomic E-state index is 13.9. The van der Waals surface area contributed by atoms with Gasteiger partial charge in [-0.15, -0.1) is 5.10 Å². The molecule has 0 aliphatic heterocycles. The van der Waals surface area contributed by atoms with Crippen molar-refractivity contribution in [3.05, 3.63) is 77.0 Å². The summed E-state index contributed by atoms with van der Waals surface area (Å²) in [6.45, 7) is 1.37. The third kappa shape index (κ3) is 5.41. The quantitative estimate of drug-likeness (QED) is 0.366. The molecule has 4 heterocycles. The maximum absolute atomic E-state index is 13.9. The third-order valence-corrected chi connectivity index (χ3v) is 5.21. The number of hydrogen-bond donors (Lipinski definition) is 2. The van der Waals surface area contributed by atoms with Crippen molar-refractivity contribution < 1.29 is 23.1 Å². The molecule has 4 rings (SSSR count). The number of pyridine rings is 3. The Morgan fingerprint density at radius 1 is 1.11 bits per heavy atom. The molecule has 14 heteroatoms. The van der Waals surface area contributed by atoms with Gasteiger partial charge >= 0.3 is 6.09 Å². The number of anilines is 2. The molecule has 0 spiro atoms. The number of aryl methyl sites for hydroxylation is 1. The van der Waals surface area contributed by atoms with Crippen LogP contribution in [0.3, 0.4) is 0 Å². The highest BCUT2D eigenvalue weighted by atomic mass is 35.5. The number of aromatic nitrogens is 6. The smallest absolute Gasteiger partial charge is 0.413 e. The molecule has 0 unspecified atom stereocenters. The van der Waals surface area contributed by atoms with Crippen LogP contribution in [0.1, 0.15) is 28.9 Å². The van der Waals surface area contributed by atoms with Gasteiger partial charge in [0.1, 0.15) is 11.9 Å². The molecule has 0 fully saturated rings. The molecule has 0 saturated carbocycles. The van der Waals surface area contributed by atoms with Crippen LogP contribution in [-0.4, -0.2) is 41.9 Å². The summed E-state index contributed by atoms with van der Waals surface area (Å²) in [5.41, 5.74) is 0.879. The van der Waals surface area contributed by atoms with Crippen LogP contribution in [0.25, 0.3) is 11.4 Å². The lowest BCUT2D eigenvalue weighted by Crippen LogP contribution is -2.19. The highest BCUT2D eigenvalue weighted by molar-refractivity contribution is 6.34. The zero-order valence-electron chi connectivity index (χ0n) is 18.7. The molecule has 36 heavy (non-hydrogen) atoms. The molecule has 11 nitrogen and oxygen atoms in total. The van der Waals surface area contributed by atoms with Crippen molar-refractivity contribution >= 4 is 35.1 Å². The van der Waals surface area contributed by atoms with Gasteiger partial charge in [0.15, 0.2) is 11.5 Å². The highest BCUT2D eigenvalue weighted by Gasteiger charge is 2.21. The molecule has 0 aliphatic carbocycles. The summed E-state index contributed by atoms with van der Waals surface area (Å²) in [6.07, 6.45) is 2.82. The Hall–Kier alpha value is -4.52. The van der Waals surface area contributed by atoms with Gasteiger partial charge in [0.25, 0.3) is 5.91 Å². The number of nitrogens with one attached hydrogen (secondary N) is 2. The average Bonchev–Trinajstić information content (AvgIpc) is 3.21. The number of halogens is 3. The molecule has 0 bridgehead atoms. The molecule has 0 saturated heterocycles. The van der Waals surface area contributed by atoms with E-state index in [0.717, 1.165) is 12.3 Å². The standard InChI is InChI=1S/C22H17ClF2N8O3/c1-11(14-7-12(24)8-28-19(14)25)36-22(35)30-20-18(31-32-33(20)2)17-4-3-13(9-27-17)29-21(34)15-10-26-6-5-16(15)23/h3-11H,1-2H3,(H,29,34)(H,30,35)/t11-/m1/s1. The second kappa shape index (κ2) is 10.4. The molecule has 1 atom stereocenters. The second-order valence-electron chi connectivity index (χ2n) is 7.36. The van der Waals surface area contributed by atoms with E-state index in [4.69, 9.17) is 16.3 Å². The Kier molecular flexibility index (Phi) is 7.10. The fraction of sp³-hybridized carbons (Fsp3) is 0.136. The lowest BCUT2D eigenvalue weighted by atomic mass is 10.2. The van der Waals surface area contributed by atoms with Crippen LogP contribution < -0.4 is 10.6 Å². The van der Waals surface area contributed by atoms with E-state index >= 15 is 0 Å². The monoisotopic (exact) mass is 514 g/mol. The van der Waals surface area contributed by atoms with Crippen molar-refractivity contribution in [2.75, 3.05) is 10.6 Å². The van der Waals surface area contributed by atoms with Crippen LogP contribution in [0.2, 0.25) is 5.02 Å². The van der Waals surface area contributed by atoms with Crippen molar-refractivity contribution in [1.29, 1.82) is 0 Å². The first-order chi connectivity index (χ1) is 17.2. The van der Waals surface area contributed by atoms with E-state index < -0.39 is 29.9 Å². The van der Waals surface area contributed by atoms with Crippen LogP contribution in [-0.2, 0) is 11.8 Å². The fourth-order valence-electron chi connectivity index (χ4n) is 3.09. The normalized spacial score (nSPS) is 11.6. The van der Waals surface area contributed by atoms with E-state index in [1.165, 1.54) is 43.3 Å². The Balaban J connectivity index is 1.46. The van der Waals surface area contributed by atoms with Crippen LogP contribution in [0.15, 0.2) is 49.1 Å². The van der Waals surface area contributed by atoms with E-state index in [0.29, 0.717) is 11.4 Å². The summed E-state index contributed by atoms with van der Waals surface area (Å²) in [5, 5.41) is 13.3. The number of ether oxygens (including phenoxy) is 1. The van der Waals surface area contributed by atoms with E-state index in [1.54, 1.807) is 12.1 Å². The SMILES string of the molecule is C[C@@H](OC(=O)Nc1c(-c2ccc(NC(=O)c3cnccc3Cl)cn2)nnn1C)c1cc(F)cnc1F. The zero-order chi connectivity index (χ0) is 25.8. The average molecular weight is 515 g/mol. The first kappa shape index (κ1) is 24.6. The van der Waals surface area contributed by atoms with Crippen molar-refractivity contribution in [2.45, 2.75) is 13.0 Å². The molecular weight excluding hydrogens is 498 g/mol. The van der Waals surface area contributed by atoms with Crippen molar-refractivity contribution in [1.82, 2.24) is 29.9 Å². The van der Waals surface area contributed by atoms with Gasteiger partial charge in [0.2, 0.25) is 5.95 Å². The topological polar surface area (TPSA) is 137 Å². The molecule has 184 valence electrons. The molecule has 2 amide bonds. The first-order valence-corrected chi connectivity index (χ1v) is 10.7. The maximum Gasteiger partial charge on any atom is 0.413 e. The minimum absolute atomic E-state index is 0.136. The summed E-state index contributed by atoms with van der Waals surface area (Å²) in [7, 11) is 1.53. The third-order valence-electron chi connectivity index (χ3n) is 4.88. The van der Waals surface area contributed by atoms with E-state index in [1.807, 2.05) is 0 Å². The Bertz CT molecular complexity index is 1430. The summed E-state index contributed by atoms with van der Waals surface area (Å²) < 4.78 is 33.7. The molecule has 4 aromatic rings. The van der Waals surface area contributed by atoms with Gasteiger partial charge in [0.05, 0.1) is 39.9 Å². The largest absolute Gasteiger partial charge is 0.441 e.